The minimum Gasteiger partial charge on any atom is -0.508 e. The smallest absolute Gasteiger partial charge is 0.224 e. The fraction of sp³-hybridized carbons (Fsp3) is 0.364. The summed E-state index contributed by atoms with van der Waals surface area (Å²) in [5.41, 5.74) is 0.693. The van der Waals surface area contributed by atoms with Crippen LogP contribution in [0.1, 0.15) is 12.0 Å². The monoisotopic (exact) mass is 272 g/mol. The predicted octanol–water partition coefficient (Wildman–Crippen LogP) is -0.270. The van der Waals surface area contributed by atoms with E-state index in [4.69, 9.17) is 5.14 Å². The number of amides is 1. The first kappa shape index (κ1) is 14.5. The molecule has 0 saturated carbocycles. The van der Waals surface area contributed by atoms with Crippen molar-refractivity contribution in [2.45, 2.75) is 12.8 Å². The van der Waals surface area contributed by atoms with Crippen molar-refractivity contribution < 1.29 is 18.3 Å². The first-order valence-electron chi connectivity index (χ1n) is 5.42. The van der Waals surface area contributed by atoms with Crippen molar-refractivity contribution in [3.63, 3.8) is 0 Å². The molecule has 0 atom stereocenters. The van der Waals surface area contributed by atoms with Crippen LogP contribution in [-0.4, -0.2) is 31.7 Å². The molecule has 7 heteroatoms. The maximum Gasteiger partial charge on any atom is 0.224 e. The van der Waals surface area contributed by atoms with E-state index in [2.05, 4.69) is 5.32 Å². The van der Waals surface area contributed by atoms with Crippen molar-refractivity contribution in [1.29, 1.82) is 0 Å². The molecule has 0 saturated heterocycles. The fourth-order valence-corrected chi connectivity index (χ4v) is 1.96. The van der Waals surface area contributed by atoms with Crippen LogP contribution in [0.3, 0.4) is 0 Å². The number of aromatic hydroxyl groups is 1. The van der Waals surface area contributed by atoms with Gasteiger partial charge in [0.05, 0.1) is 12.2 Å². The van der Waals surface area contributed by atoms with E-state index in [1.165, 1.54) is 12.1 Å². The van der Waals surface area contributed by atoms with Crippen LogP contribution in [0.5, 0.6) is 5.75 Å². The Kier molecular flexibility index (Phi) is 5.11. The number of carbonyl (C=O) groups is 1. The number of hydrogen-bond donors (Lipinski definition) is 3. The zero-order valence-corrected chi connectivity index (χ0v) is 10.6. The number of carbonyl (C=O) groups excluding carboxylic acids is 1. The Morgan fingerprint density at radius 1 is 1.39 bits per heavy atom. The number of nitrogens with one attached hydrogen (secondary N) is 1. The number of nitrogens with two attached hydrogens (primary N) is 1. The van der Waals surface area contributed by atoms with E-state index in [1.807, 2.05) is 0 Å². The minimum atomic E-state index is -3.47. The number of benzene rings is 1. The highest BCUT2D eigenvalue weighted by molar-refractivity contribution is 7.89. The number of phenols is 1. The van der Waals surface area contributed by atoms with Gasteiger partial charge in [-0.15, -0.1) is 0 Å². The third-order valence-corrected chi connectivity index (χ3v) is 3.06. The van der Waals surface area contributed by atoms with Crippen LogP contribution in [0.2, 0.25) is 0 Å². The summed E-state index contributed by atoms with van der Waals surface area (Å²) in [6.07, 6.45) is 0.425. The molecule has 0 unspecified atom stereocenters. The average Bonchev–Trinajstić information content (AvgIpc) is 2.23. The van der Waals surface area contributed by atoms with Gasteiger partial charge in [0.2, 0.25) is 15.9 Å². The number of sulfonamides is 1. The van der Waals surface area contributed by atoms with Crippen LogP contribution >= 0.6 is 0 Å². The lowest BCUT2D eigenvalue weighted by Gasteiger charge is -2.05. The number of hydrogen-bond acceptors (Lipinski definition) is 4. The highest BCUT2D eigenvalue weighted by Gasteiger charge is 2.05. The van der Waals surface area contributed by atoms with Crippen molar-refractivity contribution in [3.05, 3.63) is 29.8 Å². The number of rotatable bonds is 6. The van der Waals surface area contributed by atoms with Gasteiger partial charge in [-0.2, -0.15) is 0 Å². The Morgan fingerprint density at radius 3 is 2.72 bits per heavy atom. The molecule has 0 heterocycles. The molecule has 0 aliphatic carbocycles. The molecular formula is C11H16N2O4S. The van der Waals surface area contributed by atoms with Gasteiger partial charge >= 0.3 is 0 Å². The predicted molar refractivity (Wildman–Crippen MR) is 67.4 cm³/mol. The summed E-state index contributed by atoms with van der Waals surface area (Å²) in [6, 6.07) is 6.40. The molecule has 0 aliphatic rings. The maximum atomic E-state index is 11.5. The van der Waals surface area contributed by atoms with Gasteiger partial charge in [0.15, 0.2) is 0 Å². The molecule has 0 radical (unpaired) electrons. The van der Waals surface area contributed by atoms with E-state index in [0.717, 1.165) is 0 Å². The highest BCUT2D eigenvalue weighted by Crippen LogP contribution is 2.11. The second-order valence-corrected chi connectivity index (χ2v) is 5.65. The van der Waals surface area contributed by atoms with Gasteiger partial charge < -0.3 is 10.4 Å². The van der Waals surface area contributed by atoms with Crippen LogP contribution in [0.25, 0.3) is 0 Å². The summed E-state index contributed by atoms with van der Waals surface area (Å²) < 4.78 is 21.3. The summed E-state index contributed by atoms with van der Waals surface area (Å²) in [5, 5.41) is 16.6. The first-order chi connectivity index (χ1) is 8.37. The van der Waals surface area contributed by atoms with Gasteiger partial charge in [0.1, 0.15) is 5.75 Å². The van der Waals surface area contributed by atoms with Gasteiger partial charge in [-0.1, -0.05) is 12.1 Å². The van der Waals surface area contributed by atoms with Crippen LogP contribution in [0.15, 0.2) is 24.3 Å². The summed E-state index contributed by atoms with van der Waals surface area (Å²) in [6.45, 7) is 0.258. The Hall–Kier alpha value is -1.60. The summed E-state index contributed by atoms with van der Waals surface area (Å²) in [5.74, 6) is -0.274. The topological polar surface area (TPSA) is 109 Å². The molecule has 0 bridgehead atoms. The van der Waals surface area contributed by atoms with E-state index in [0.29, 0.717) is 5.56 Å². The van der Waals surface area contributed by atoms with Crippen molar-refractivity contribution in [1.82, 2.24) is 5.32 Å². The Labute approximate surface area is 106 Å². The van der Waals surface area contributed by atoms with Gasteiger partial charge in [-0.05, 0) is 24.1 Å². The van der Waals surface area contributed by atoms with Gasteiger partial charge in [-0.3, -0.25) is 4.79 Å². The number of primary sulfonamides is 1. The standard InChI is InChI=1S/C11H16N2O4S/c12-18(16,17)6-2-5-13-11(15)8-9-3-1-4-10(14)7-9/h1,3-4,7,14H,2,5-6,8H2,(H,13,15)(H2,12,16,17). The minimum absolute atomic E-state index is 0.106. The van der Waals surface area contributed by atoms with Crippen molar-refractivity contribution >= 4 is 15.9 Å². The second-order valence-electron chi connectivity index (χ2n) is 3.92. The van der Waals surface area contributed by atoms with Gasteiger partial charge in [0, 0.05) is 6.54 Å². The molecule has 1 aromatic carbocycles. The van der Waals surface area contributed by atoms with Gasteiger partial charge in [0.25, 0.3) is 0 Å². The Bertz CT molecular complexity index is 514. The number of phenolic OH excluding ortho intramolecular Hbond substituents is 1. The first-order valence-corrected chi connectivity index (χ1v) is 7.13. The molecule has 0 aromatic heterocycles. The summed E-state index contributed by atoms with van der Waals surface area (Å²) >= 11 is 0. The van der Waals surface area contributed by atoms with Crippen LogP contribution in [0.4, 0.5) is 0 Å². The Morgan fingerprint density at radius 2 is 2.11 bits per heavy atom. The largest absolute Gasteiger partial charge is 0.508 e. The third kappa shape index (κ3) is 6.21. The third-order valence-electron chi connectivity index (χ3n) is 2.20. The molecule has 1 aromatic rings. The molecule has 0 fully saturated rings. The summed E-state index contributed by atoms with van der Waals surface area (Å²) in [7, 11) is -3.47. The maximum absolute atomic E-state index is 11.5. The highest BCUT2D eigenvalue weighted by atomic mass is 32.2. The van der Waals surface area contributed by atoms with E-state index in [1.54, 1.807) is 12.1 Å². The molecule has 1 amide bonds. The van der Waals surface area contributed by atoms with Crippen LogP contribution in [-0.2, 0) is 21.2 Å². The zero-order valence-electron chi connectivity index (χ0n) is 9.80. The molecule has 4 N–H and O–H groups in total. The molecule has 0 spiro atoms. The lowest BCUT2D eigenvalue weighted by molar-refractivity contribution is -0.120. The quantitative estimate of drug-likeness (QED) is 0.619. The SMILES string of the molecule is NS(=O)(=O)CCCNC(=O)Cc1cccc(O)c1. The fourth-order valence-electron chi connectivity index (χ4n) is 1.42. The molecule has 18 heavy (non-hydrogen) atoms. The molecule has 1 rings (SSSR count). The van der Waals surface area contributed by atoms with Gasteiger partial charge in [-0.25, -0.2) is 13.6 Å². The molecule has 100 valence electrons. The van der Waals surface area contributed by atoms with Crippen molar-refractivity contribution in [2.24, 2.45) is 5.14 Å². The molecule has 6 nitrogen and oxygen atoms in total. The van der Waals surface area contributed by atoms with E-state index < -0.39 is 10.0 Å². The molecular weight excluding hydrogens is 256 g/mol. The van der Waals surface area contributed by atoms with E-state index >= 15 is 0 Å². The summed E-state index contributed by atoms with van der Waals surface area (Å²) in [4.78, 5) is 11.5. The second kappa shape index (κ2) is 6.36. The van der Waals surface area contributed by atoms with E-state index in [9.17, 15) is 18.3 Å². The van der Waals surface area contributed by atoms with Crippen LogP contribution < -0.4 is 10.5 Å². The van der Waals surface area contributed by atoms with Crippen molar-refractivity contribution in [2.75, 3.05) is 12.3 Å². The Balaban J connectivity index is 2.30. The average molecular weight is 272 g/mol. The lowest BCUT2D eigenvalue weighted by Crippen LogP contribution is -2.28. The lowest BCUT2D eigenvalue weighted by atomic mass is 10.1. The van der Waals surface area contributed by atoms with Crippen LogP contribution in [0, 0.1) is 0 Å². The normalized spacial score (nSPS) is 11.2. The molecule has 0 aliphatic heterocycles. The van der Waals surface area contributed by atoms with E-state index in [-0.39, 0.29) is 36.8 Å². The zero-order chi connectivity index (χ0) is 13.6. The van der Waals surface area contributed by atoms with Crippen molar-refractivity contribution in [3.8, 4) is 5.75 Å².